The molecule has 0 aliphatic heterocycles. The summed E-state index contributed by atoms with van der Waals surface area (Å²) < 4.78 is 30.5. The zero-order chi connectivity index (χ0) is 18.6. The van der Waals surface area contributed by atoms with E-state index in [4.69, 9.17) is 0 Å². The maximum absolute atomic E-state index is 12.8. The number of nitrogens with zero attached hydrogens (tertiary/aromatic N) is 1. The third-order valence-corrected chi connectivity index (χ3v) is 6.48. The second kappa shape index (κ2) is 8.20. The van der Waals surface area contributed by atoms with Crippen molar-refractivity contribution in [3.63, 3.8) is 0 Å². The van der Waals surface area contributed by atoms with Crippen molar-refractivity contribution >= 4 is 42.8 Å². The molecule has 0 N–H and O–H groups in total. The van der Waals surface area contributed by atoms with Crippen LogP contribution in [0.2, 0.25) is 0 Å². The van der Waals surface area contributed by atoms with Crippen LogP contribution >= 0.6 is 27.7 Å². The van der Waals surface area contributed by atoms with Crippen LogP contribution in [0.4, 0.5) is 0 Å². The lowest BCUT2D eigenvalue weighted by Crippen LogP contribution is -2.03. The van der Waals surface area contributed by atoms with Gasteiger partial charge in [0.2, 0.25) is 0 Å². The van der Waals surface area contributed by atoms with E-state index in [-0.39, 0.29) is 4.90 Å². The largest absolute Gasteiger partial charge is 0.283 e. The first-order valence-corrected chi connectivity index (χ1v) is 10.9. The van der Waals surface area contributed by atoms with Crippen LogP contribution in [0.5, 0.6) is 0 Å². The van der Waals surface area contributed by atoms with Crippen LogP contribution in [0.25, 0.3) is 0 Å². The molecular formula is C20H16BrNO2S2. The minimum atomic E-state index is -3.81. The van der Waals surface area contributed by atoms with Crippen molar-refractivity contribution in [1.82, 2.24) is 0 Å². The molecule has 26 heavy (non-hydrogen) atoms. The summed E-state index contributed by atoms with van der Waals surface area (Å²) in [7, 11) is -3.81. The molecule has 0 spiro atoms. The summed E-state index contributed by atoms with van der Waals surface area (Å²) in [5, 5.41) is 0.444. The van der Waals surface area contributed by atoms with E-state index in [2.05, 4.69) is 20.3 Å². The van der Waals surface area contributed by atoms with Crippen LogP contribution in [0, 0.1) is 6.92 Å². The van der Waals surface area contributed by atoms with Crippen molar-refractivity contribution in [3.05, 3.63) is 94.5 Å². The zero-order valence-electron chi connectivity index (χ0n) is 14.0. The molecule has 0 aliphatic rings. The molecule has 0 bridgehead atoms. The average molecular weight is 446 g/mol. The van der Waals surface area contributed by atoms with Gasteiger partial charge in [-0.3, -0.25) is 0 Å². The molecule has 0 heterocycles. The first-order chi connectivity index (χ1) is 12.4. The Balaban J connectivity index is 2.05. The van der Waals surface area contributed by atoms with Gasteiger partial charge in [-0.25, -0.2) is 0 Å². The third kappa shape index (κ3) is 4.84. The second-order valence-electron chi connectivity index (χ2n) is 5.61. The normalized spacial score (nSPS) is 12.2. The highest BCUT2D eigenvalue weighted by Crippen LogP contribution is 2.27. The highest BCUT2D eigenvalue weighted by Gasteiger charge is 2.16. The Labute approximate surface area is 166 Å². The molecular weight excluding hydrogens is 430 g/mol. The molecule has 0 amide bonds. The zero-order valence-corrected chi connectivity index (χ0v) is 17.2. The van der Waals surface area contributed by atoms with Gasteiger partial charge in [0.1, 0.15) is 5.04 Å². The van der Waals surface area contributed by atoms with E-state index < -0.39 is 10.0 Å². The molecule has 3 nitrogen and oxygen atoms in total. The quantitative estimate of drug-likeness (QED) is 0.294. The van der Waals surface area contributed by atoms with Gasteiger partial charge in [0.05, 0.1) is 4.90 Å². The third-order valence-electron chi connectivity index (χ3n) is 3.54. The van der Waals surface area contributed by atoms with E-state index in [0.717, 1.165) is 20.5 Å². The Morgan fingerprint density at radius 1 is 0.923 bits per heavy atom. The molecule has 0 saturated heterocycles. The summed E-state index contributed by atoms with van der Waals surface area (Å²) in [6, 6.07) is 23.7. The molecule has 0 saturated carbocycles. The van der Waals surface area contributed by atoms with Crippen molar-refractivity contribution in [3.8, 4) is 0 Å². The molecule has 0 atom stereocenters. The van der Waals surface area contributed by atoms with Crippen LogP contribution in [0.15, 0.2) is 97.5 Å². The number of halogens is 1. The van der Waals surface area contributed by atoms with Crippen LogP contribution in [0.3, 0.4) is 0 Å². The molecule has 3 rings (SSSR count). The number of thioether (sulfide) groups is 1. The van der Waals surface area contributed by atoms with Gasteiger partial charge < -0.3 is 0 Å². The smallest absolute Gasteiger partial charge is 0.199 e. The van der Waals surface area contributed by atoms with E-state index in [1.165, 1.54) is 11.8 Å². The molecule has 0 aromatic heterocycles. The Hall–Kier alpha value is -1.89. The van der Waals surface area contributed by atoms with E-state index in [1.807, 2.05) is 61.5 Å². The topological polar surface area (TPSA) is 46.5 Å². The number of rotatable bonds is 4. The summed E-state index contributed by atoms with van der Waals surface area (Å²) in [6.45, 7) is 2.00. The van der Waals surface area contributed by atoms with Crippen molar-refractivity contribution in [2.75, 3.05) is 0 Å². The van der Waals surface area contributed by atoms with Crippen LogP contribution < -0.4 is 0 Å². The summed E-state index contributed by atoms with van der Waals surface area (Å²) in [5.41, 5.74) is 1.87. The maximum Gasteiger partial charge on any atom is 0.283 e. The monoisotopic (exact) mass is 445 g/mol. The fraction of sp³-hybridized carbons (Fsp3) is 0.0500. The molecule has 3 aromatic carbocycles. The Morgan fingerprint density at radius 3 is 2.27 bits per heavy atom. The van der Waals surface area contributed by atoms with Gasteiger partial charge in [0.25, 0.3) is 10.0 Å². The lowest BCUT2D eigenvalue weighted by molar-refractivity contribution is 0.598. The number of hydrogen-bond acceptors (Lipinski definition) is 3. The number of sulfonamides is 1. The number of benzene rings is 3. The number of hydrogen-bond donors (Lipinski definition) is 0. The predicted molar refractivity (Wildman–Crippen MR) is 111 cm³/mol. The highest BCUT2D eigenvalue weighted by atomic mass is 79.9. The molecule has 0 fully saturated rings. The first kappa shape index (κ1) is 18.9. The predicted octanol–water partition coefficient (Wildman–Crippen LogP) is 5.69. The first-order valence-electron chi connectivity index (χ1n) is 7.84. The molecule has 0 radical (unpaired) electrons. The minimum Gasteiger partial charge on any atom is -0.199 e. The lowest BCUT2D eigenvalue weighted by Gasteiger charge is -2.08. The standard InChI is InChI=1S/C20H16BrNO2S2/c1-15-6-5-9-18(14-15)25-20(16-7-3-2-4-8-16)22-26(23,24)19-12-10-17(21)11-13-19/h2-14H,1H3/b22-20+. The number of aryl methyl sites for hydroxylation is 1. The maximum atomic E-state index is 12.8. The van der Waals surface area contributed by atoms with Crippen LogP contribution in [0.1, 0.15) is 11.1 Å². The van der Waals surface area contributed by atoms with Crippen molar-refractivity contribution < 1.29 is 8.42 Å². The molecule has 6 heteroatoms. The summed E-state index contributed by atoms with van der Waals surface area (Å²) in [5.74, 6) is 0. The van der Waals surface area contributed by atoms with E-state index >= 15 is 0 Å². The summed E-state index contributed by atoms with van der Waals surface area (Å²) >= 11 is 4.66. The van der Waals surface area contributed by atoms with Gasteiger partial charge in [-0.05, 0) is 43.3 Å². The fourth-order valence-electron chi connectivity index (χ4n) is 2.27. The summed E-state index contributed by atoms with van der Waals surface area (Å²) in [6.07, 6.45) is 0. The average Bonchev–Trinajstić information content (AvgIpc) is 2.62. The fourth-order valence-corrected chi connectivity index (χ4v) is 4.76. The molecule has 0 aliphatic carbocycles. The Morgan fingerprint density at radius 2 is 1.62 bits per heavy atom. The molecule has 132 valence electrons. The lowest BCUT2D eigenvalue weighted by atomic mass is 10.2. The van der Waals surface area contributed by atoms with Crippen molar-refractivity contribution in [2.24, 2.45) is 4.40 Å². The second-order valence-corrected chi connectivity index (χ2v) is 9.19. The van der Waals surface area contributed by atoms with Crippen LogP contribution in [-0.2, 0) is 10.0 Å². The van der Waals surface area contributed by atoms with E-state index in [1.54, 1.807) is 24.3 Å². The van der Waals surface area contributed by atoms with Gasteiger partial charge in [-0.1, -0.05) is 75.7 Å². The Kier molecular flexibility index (Phi) is 5.96. The van der Waals surface area contributed by atoms with Gasteiger partial charge in [0.15, 0.2) is 0 Å². The Bertz CT molecular complexity index is 1030. The molecule has 3 aromatic rings. The van der Waals surface area contributed by atoms with Gasteiger partial charge >= 0.3 is 0 Å². The van der Waals surface area contributed by atoms with Crippen molar-refractivity contribution in [2.45, 2.75) is 16.7 Å². The molecule has 0 unspecified atom stereocenters. The van der Waals surface area contributed by atoms with Gasteiger partial charge in [-0.15, -0.1) is 0 Å². The van der Waals surface area contributed by atoms with Gasteiger partial charge in [-0.2, -0.15) is 12.8 Å². The SMILES string of the molecule is Cc1cccc(S/C(=N/S(=O)(=O)c2ccc(Br)cc2)c2ccccc2)c1. The van der Waals surface area contributed by atoms with E-state index in [0.29, 0.717) is 5.04 Å². The van der Waals surface area contributed by atoms with Gasteiger partial charge in [0, 0.05) is 14.9 Å². The minimum absolute atomic E-state index is 0.166. The van der Waals surface area contributed by atoms with Crippen molar-refractivity contribution in [1.29, 1.82) is 0 Å². The van der Waals surface area contributed by atoms with E-state index in [9.17, 15) is 8.42 Å². The highest BCUT2D eigenvalue weighted by molar-refractivity contribution is 9.10. The van der Waals surface area contributed by atoms with Crippen LogP contribution in [-0.4, -0.2) is 13.5 Å². The summed E-state index contributed by atoms with van der Waals surface area (Å²) in [4.78, 5) is 1.11.